The zero-order chi connectivity index (χ0) is 21.9. The van der Waals surface area contributed by atoms with Crippen molar-refractivity contribution < 1.29 is 18.9 Å². The topological polar surface area (TPSA) is 83.5 Å². The van der Waals surface area contributed by atoms with Gasteiger partial charge < -0.3 is 23.5 Å². The van der Waals surface area contributed by atoms with Crippen molar-refractivity contribution in [3.8, 4) is 23.1 Å². The van der Waals surface area contributed by atoms with Gasteiger partial charge in [0.1, 0.15) is 29.3 Å². The molecule has 1 fully saturated rings. The summed E-state index contributed by atoms with van der Waals surface area (Å²) in [6.45, 7) is 5.34. The van der Waals surface area contributed by atoms with Crippen LogP contribution < -0.4 is 4.74 Å². The number of hydrogen-bond acceptors (Lipinski definition) is 6. The number of ether oxygens (including phenoxy) is 4. The fraction of sp³-hybridized carbons (Fsp3) is 0.500. The lowest BCUT2D eigenvalue weighted by molar-refractivity contribution is -0.0365. The molecule has 0 saturated carbocycles. The molecule has 1 unspecified atom stereocenters. The Kier molecular flexibility index (Phi) is 6.12. The highest BCUT2D eigenvalue weighted by molar-refractivity contribution is 5.94. The van der Waals surface area contributed by atoms with E-state index in [0.29, 0.717) is 38.7 Å². The number of nitrogens with zero attached hydrogens (tertiary/aromatic N) is 4. The van der Waals surface area contributed by atoms with Gasteiger partial charge in [0.05, 0.1) is 31.9 Å². The van der Waals surface area contributed by atoms with Gasteiger partial charge in [-0.25, -0.2) is 4.68 Å². The predicted molar refractivity (Wildman–Crippen MR) is 118 cm³/mol. The normalized spacial score (nSPS) is 22.5. The van der Waals surface area contributed by atoms with Crippen LogP contribution in [-0.2, 0) is 20.8 Å². The van der Waals surface area contributed by atoms with Crippen molar-refractivity contribution in [3.05, 3.63) is 36.2 Å². The third-order valence-electron chi connectivity index (χ3n) is 5.93. The van der Waals surface area contributed by atoms with E-state index in [-0.39, 0.29) is 12.3 Å². The first kappa shape index (κ1) is 21.0. The van der Waals surface area contributed by atoms with Crippen LogP contribution in [0.4, 0.5) is 0 Å². The Bertz CT molecular complexity index is 1120. The van der Waals surface area contributed by atoms with E-state index < -0.39 is 0 Å². The maximum Gasteiger partial charge on any atom is 0.150 e. The van der Waals surface area contributed by atoms with Gasteiger partial charge in [0.2, 0.25) is 0 Å². The molecular formula is C24H28N4O4. The highest BCUT2D eigenvalue weighted by Gasteiger charge is 2.23. The smallest absolute Gasteiger partial charge is 0.150 e. The first-order chi connectivity index (χ1) is 15.7. The summed E-state index contributed by atoms with van der Waals surface area (Å²) in [5.41, 5.74) is 3.31. The third kappa shape index (κ3) is 4.24. The van der Waals surface area contributed by atoms with Gasteiger partial charge in [-0.1, -0.05) is 0 Å². The quantitative estimate of drug-likeness (QED) is 0.576. The summed E-state index contributed by atoms with van der Waals surface area (Å²) >= 11 is 0. The zero-order valence-corrected chi connectivity index (χ0v) is 18.3. The number of rotatable bonds is 1. The molecule has 1 saturated heterocycles. The van der Waals surface area contributed by atoms with E-state index in [0.717, 1.165) is 53.8 Å². The lowest BCUT2D eigenvalue weighted by Gasteiger charge is -2.23. The lowest BCUT2D eigenvalue weighted by atomic mass is 10.1. The summed E-state index contributed by atoms with van der Waals surface area (Å²) in [4.78, 5) is 0. The number of aromatic nitrogens is 3. The summed E-state index contributed by atoms with van der Waals surface area (Å²) in [5, 5.41) is 15.6. The van der Waals surface area contributed by atoms with Crippen molar-refractivity contribution in [2.75, 3.05) is 33.0 Å². The maximum absolute atomic E-state index is 9.66. The van der Waals surface area contributed by atoms with Gasteiger partial charge in [0.25, 0.3) is 0 Å². The lowest BCUT2D eigenvalue weighted by Crippen LogP contribution is -2.21. The molecule has 2 aliphatic heterocycles. The Hall–Kier alpha value is -2.86. The van der Waals surface area contributed by atoms with Crippen LogP contribution in [0.25, 0.3) is 22.2 Å². The molecule has 8 heteroatoms. The monoisotopic (exact) mass is 436 g/mol. The van der Waals surface area contributed by atoms with Crippen LogP contribution in [0.15, 0.2) is 30.5 Å². The molecule has 0 amide bonds. The molecule has 2 atom stereocenters. The van der Waals surface area contributed by atoms with Crippen molar-refractivity contribution in [2.45, 2.75) is 45.1 Å². The summed E-state index contributed by atoms with van der Waals surface area (Å²) in [6.07, 6.45) is 4.94. The zero-order valence-electron chi connectivity index (χ0n) is 18.3. The molecule has 5 rings (SSSR count). The summed E-state index contributed by atoms with van der Waals surface area (Å²) in [5.74, 6) is 0.766. The van der Waals surface area contributed by atoms with Gasteiger partial charge >= 0.3 is 0 Å². The van der Waals surface area contributed by atoms with Gasteiger partial charge in [-0.2, -0.15) is 10.4 Å². The maximum atomic E-state index is 9.66. The Morgan fingerprint density at radius 3 is 2.84 bits per heavy atom. The highest BCUT2D eigenvalue weighted by atomic mass is 16.5. The van der Waals surface area contributed by atoms with Crippen LogP contribution in [-0.4, -0.2) is 53.5 Å². The number of benzene rings is 1. The molecule has 3 aromatic rings. The van der Waals surface area contributed by atoms with E-state index in [9.17, 15) is 5.26 Å². The van der Waals surface area contributed by atoms with Crippen molar-refractivity contribution in [1.82, 2.24) is 14.3 Å². The second-order valence-electron chi connectivity index (χ2n) is 8.33. The van der Waals surface area contributed by atoms with E-state index in [2.05, 4.69) is 6.07 Å². The molecule has 32 heavy (non-hydrogen) atoms. The minimum Gasteiger partial charge on any atom is -0.488 e. The van der Waals surface area contributed by atoms with E-state index >= 15 is 0 Å². The second kappa shape index (κ2) is 9.33. The van der Waals surface area contributed by atoms with Crippen molar-refractivity contribution >= 4 is 10.9 Å². The molecule has 0 spiro atoms. The van der Waals surface area contributed by atoms with Crippen molar-refractivity contribution in [3.63, 3.8) is 0 Å². The number of hydrogen-bond donors (Lipinski definition) is 0. The molecule has 4 heterocycles. The summed E-state index contributed by atoms with van der Waals surface area (Å²) in [7, 11) is 0. The van der Waals surface area contributed by atoms with Crippen LogP contribution in [0.2, 0.25) is 0 Å². The molecule has 8 nitrogen and oxygen atoms in total. The van der Waals surface area contributed by atoms with Crippen molar-refractivity contribution in [2.24, 2.45) is 0 Å². The third-order valence-corrected chi connectivity index (χ3v) is 5.93. The molecule has 0 radical (unpaired) electrons. The molecular weight excluding hydrogens is 408 g/mol. The van der Waals surface area contributed by atoms with Crippen molar-refractivity contribution in [1.29, 1.82) is 5.26 Å². The van der Waals surface area contributed by atoms with Gasteiger partial charge in [0, 0.05) is 30.3 Å². The first-order valence-corrected chi connectivity index (χ1v) is 11.3. The molecule has 4 bridgehead atoms. The standard InChI is InChI=1S/C24H28N4O4/c1-17-16-30-11-10-29-9-7-27-15-18(12-19(27)14-25)24-21-13-20(32-17)5-6-22(21)28(26-24)23-4-2-3-8-31-23/h5-6,12-13,15,17,23H,2-4,7-11,16H2,1H3/t17-,23?/m0/s1. The average molecular weight is 437 g/mol. The van der Waals surface area contributed by atoms with Crippen LogP contribution in [0, 0.1) is 11.3 Å². The summed E-state index contributed by atoms with van der Waals surface area (Å²) < 4.78 is 27.4. The average Bonchev–Trinajstić information content (AvgIpc) is 3.39. The van der Waals surface area contributed by atoms with E-state index in [1.54, 1.807) is 0 Å². The Balaban J connectivity index is 1.62. The van der Waals surface area contributed by atoms with Gasteiger partial charge in [-0.3, -0.25) is 0 Å². The summed E-state index contributed by atoms with van der Waals surface area (Å²) in [6, 6.07) is 10.2. The first-order valence-electron chi connectivity index (χ1n) is 11.3. The van der Waals surface area contributed by atoms with Crippen LogP contribution in [0.3, 0.4) is 0 Å². The van der Waals surface area contributed by atoms with E-state index in [1.165, 1.54) is 0 Å². The van der Waals surface area contributed by atoms with Crippen LogP contribution in [0.5, 0.6) is 5.75 Å². The number of fused-ring (bicyclic) bond motifs is 4. The molecule has 2 aliphatic rings. The SMILES string of the molecule is C[C@H]1COCCOCCn2cc(cc2C#N)-c2nn(C3CCCCO3)c3ccc(cc23)O1. The minimum atomic E-state index is -0.0909. The fourth-order valence-corrected chi connectivity index (χ4v) is 4.36. The predicted octanol–water partition coefficient (Wildman–Crippen LogP) is 3.89. The van der Waals surface area contributed by atoms with Gasteiger partial charge in [0.15, 0.2) is 6.23 Å². The Morgan fingerprint density at radius 2 is 2.00 bits per heavy atom. The Morgan fingerprint density at radius 1 is 1.09 bits per heavy atom. The molecule has 168 valence electrons. The Labute approximate surface area is 187 Å². The molecule has 0 aliphatic carbocycles. The minimum absolute atomic E-state index is 0.0841. The van der Waals surface area contributed by atoms with Gasteiger partial charge in [-0.15, -0.1) is 0 Å². The van der Waals surface area contributed by atoms with E-state index in [1.807, 2.05) is 46.6 Å². The van der Waals surface area contributed by atoms with E-state index in [4.69, 9.17) is 24.0 Å². The number of nitriles is 1. The largest absolute Gasteiger partial charge is 0.488 e. The van der Waals surface area contributed by atoms with Crippen LogP contribution >= 0.6 is 0 Å². The molecule has 2 aromatic heterocycles. The van der Waals surface area contributed by atoms with Crippen LogP contribution in [0.1, 0.15) is 38.1 Å². The molecule has 0 N–H and O–H groups in total. The highest BCUT2D eigenvalue weighted by Crippen LogP contribution is 2.35. The fourth-order valence-electron chi connectivity index (χ4n) is 4.36. The second-order valence-corrected chi connectivity index (χ2v) is 8.33. The molecule has 1 aromatic carbocycles. The van der Waals surface area contributed by atoms with Gasteiger partial charge in [-0.05, 0) is 50.5 Å².